The van der Waals surface area contributed by atoms with E-state index < -0.39 is 55.9 Å². The molecule has 7 N–H and O–H groups in total. The molecular weight excluding hydrogens is 883 g/mol. The number of likely N-dealkylation sites (tertiary alicyclic amines) is 1. The van der Waals surface area contributed by atoms with Gasteiger partial charge >= 0.3 is 0 Å². The third kappa shape index (κ3) is 17.1. The molecule has 1 aliphatic heterocycles. The molecule has 4 aliphatic carbocycles. The van der Waals surface area contributed by atoms with Crippen molar-refractivity contribution in [2.75, 3.05) is 26.2 Å². The number of sulfonamides is 1. The highest BCUT2D eigenvalue weighted by Crippen LogP contribution is 2.38. The van der Waals surface area contributed by atoms with Crippen molar-refractivity contribution in [3.8, 4) is 0 Å². The molecule has 20 heteroatoms. The lowest BCUT2D eigenvalue weighted by molar-refractivity contribution is -0.525. The molecule has 0 spiro atoms. The molecule has 0 bridgehead atoms. The number of guanidine groups is 1. The van der Waals surface area contributed by atoms with Gasteiger partial charge in [0.25, 0.3) is 11.9 Å². The second-order valence-corrected chi connectivity index (χ2v) is 21.9. The van der Waals surface area contributed by atoms with Crippen molar-refractivity contribution >= 4 is 51.3 Å². The Balaban J connectivity index is 1.17. The number of amides is 5. The Labute approximate surface area is 397 Å². The molecule has 5 amide bonds. The Hall–Kier alpha value is -4.20. The zero-order chi connectivity index (χ0) is 48.2. The summed E-state index contributed by atoms with van der Waals surface area (Å²) >= 11 is 0. The van der Waals surface area contributed by atoms with Crippen molar-refractivity contribution in [3.63, 3.8) is 0 Å². The maximum Gasteiger partial charge on any atom is 0.289 e. The highest BCUT2D eigenvalue weighted by atomic mass is 32.2. The number of imide groups is 1. The second kappa shape index (κ2) is 27.7. The van der Waals surface area contributed by atoms with Crippen LogP contribution in [0.1, 0.15) is 180 Å². The molecule has 5 atom stereocenters. The Morgan fingerprint density at radius 2 is 1.27 bits per heavy atom. The molecule has 19 nitrogen and oxygen atoms in total. The van der Waals surface area contributed by atoms with E-state index in [9.17, 15) is 47.3 Å². The van der Waals surface area contributed by atoms with Gasteiger partial charge in [0.15, 0.2) is 5.03 Å². The molecular formula is C47H79N9O10S. The number of nitrogens with two attached hydrogens (primary N) is 1. The van der Waals surface area contributed by atoms with Crippen molar-refractivity contribution in [1.82, 2.24) is 31.0 Å². The zero-order valence-electron chi connectivity index (χ0n) is 39.7. The first kappa shape index (κ1) is 53.8. The summed E-state index contributed by atoms with van der Waals surface area (Å²) in [4.78, 5) is 97.7. The highest BCUT2D eigenvalue weighted by Gasteiger charge is 2.47. The smallest absolute Gasteiger partial charge is 0.289 e. The van der Waals surface area contributed by atoms with Crippen molar-refractivity contribution < 1.29 is 42.2 Å². The lowest BCUT2D eigenvalue weighted by Crippen LogP contribution is -2.55. The van der Waals surface area contributed by atoms with Gasteiger partial charge in [0, 0.05) is 32.1 Å². The molecule has 5 rings (SSSR count). The molecule has 0 aromatic heterocycles. The van der Waals surface area contributed by atoms with Crippen LogP contribution < -0.4 is 31.8 Å². The van der Waals surface area contributed by atoms with Gasteiger partial charge in [-0.3, -0.25) is 33.7 Å². The number of hydrogen-bond acceptors (Lipinski definition) is 11. The van der Waals surface area contributed by atoms with Crippen LogP contribution in [0.25, 0.3) is 0 Å². The zero-order valence-corrected chi connectivity index (χ0v) is 40.5. The predicted octanol–water partition coefficient (Wildman–Crippen LogP) is 4.45. The number of aliphatic imine (C=N–C) groups is 1. The summed E-state index contributed by atoms with van der Waals surface area (Å²) in [5.74, 6) is -3.40. The summed E-state index contributed by atoms with van der Waals surface area (Å²) in [6.45, 7) is 0.305. The third-order valence-electron chi connectivity index (χ3n) is 15.0. The van der Waals surface area contributed by atoms with E-state index in [-0.39, 0.29) is 86.2 Å². The Morgan fingerprint density at radius 3 is 1.91 bits per heavy atom. The van der Waals surface area contributed by atoms with Crippen molar-refractivity contribution in [3.05, 3.63) is 10.1 Å². The van der Waals surface area contributed by atoms with Crippen molar-refractivity contribution in [2.45, 2.75) is 197 Å². The number of nitrogens with zero attached hydrogens (tertiary/aromatic N) is 3. The van der Waals surface area contributed by atoms with Gasteiger partial charge in [0.05, 0.1) is 23.1 Å². The summed E-state index contributed by atoms with van der Waals surface area (Å²) in [5.41, 5.74) is 7.41. The Kier molecular flexibility index (Phi) is 22.2. The van der Waals surface area contributed by atoms with Gasteiger partial charge in [-0.1, -0.05) is 115 Å². The minimum absolute atomic E-state index is 0.00944. The first-order valence-electron chi connectivity index (χ1n) is 25.7. The molecule has 4 saturated carbocycles. The first-order valence-corrected chi connectivity index (χ1v) is 27.3. The largest absolute Gasteiger partial charge is 0.365 e. The monoisotopic (exact) mass is 962 g/mol. The fourth-order valence-corrected chi connectivity index (χ4v) is 12.8. The van der Waals surface area contributed by atoms with E-state index in [0.717, 1.165) is 141 Å². The first-order chi connectivity index (χ1) is 32.2. The fraction of sp³-hybridized carbons (Fsp3) is 0.851. The number of hydrazine groups is 1. The van der Waals surface area contributed by atoms with Crippen LogP contribution in [0.4, 0.5) is 0 Å². The molecule has 1 heterocycles. The van der Waals surface area contributed by atoms with Crippen LogP contribution in [0.5, 0.6) is 0 Å². The standard InChI is InChI=1S/C47H79N9O10S/c48-47(54-56(63)64)50-28-17-27-39(43(59)53-40(32-33-18-7-5-8-19-33)41(57)44(60)49-29-30-51-67(65,66)35-22-9-6-10-23-35)52-42(58)36(34-20-12-13-21-34)24-11-3-1-2-4-16-31-55-45(61)37-25-14-15-26-38(37)46(55)62/h33-40,51H,1-32H2,(H,49,60)(H,52,58)(H,53,59)(H3,48,50,54)/t36?,37?,38?,39-,40-/m0/s1. The average molecular weight is 962 g/mol. The molecule has 1 saturated heterocycles. The number of nitrogens with one attached hydrogen (secondary N) is 5. The van der Waals surface area contributed by atoms with Gasteiger partial charge in [-0.25, -0.2) is 28.2 Å². The lowest BCUT2D eigenvalue weighted by atomic mass is 9.81. The van der Waals surface area contributed by atoms with Crippen LogP contribution in [0.3, 0.4) is 0 Å². The molecule has 0 aromatic carbocycles. The maximum atomic E-state index is 14.3. The van der Waals surface area contributed by atoms with E-state index in [1.54, 1.807) is 5.43 Å². The number of rotatable bonds is 28. The van der Waals surface area contributed by atoms with E-state index in [0.29, 0.717) is 25.8 Å². The molecule has 378 valence electrons. The summed E-state index contributed by atoms with van der Waals surface area (Å²) in [6, 6.07) is -2.29. The van der Waals surface area contributed by atoms with Gasteiger partial charge in [-0.2, -0.15) is 0 Å². The van der Waals surface area contributed by atoms with E-state index in [2.05, 4.69) is 25.7 Å². The van der Waals surface area contributed by atoms with Crippen LogP contribution in [0.15, 0.2) is 4.99 Å². The lowest BCUT2D eigenvalue weighted by Gasteiger charge is -2.29. The van der Waals surface area contributed by atoms with Gasteiger partial charge < -0.3 is 21.7 Å². The van der Waals surface area contributed by atoms with Crippen LogP contribution in [-0.2, 0) is 38.8 Å². The summed E-state index contributed by atoms with van der Waals surface area (Å²) in [6.07, 6.45) is 22.5. The highest BCUT2D eigenvalue weighted by molar-refractivity contribution is 7.90. The number of hydrogen-bond donors (Lipinski definition) is 6. The van der Waals surface area contributed by atoms with Crippen LogP contribution in [-0.4, -0.2) is 103 Å². The van der Waals surface area contributed by atoms with Crippen LogP contribution in [0.2, 0.25) is 0 Å². The minimum atomic E-state index is -3.57. The molecule has 0 aromatic rings. The number of unbranched alkanes of at least 4 members (excludes halogenated alkanes) is 5. The molecule has 5 aliphatic rings. The van der Waals surface area contributed by atoms with Gasteiger partial charge in [-0.05, 0) is 82.5 Å². The van der Waals surface area contributed by atoms with E-state index in [4.69, 9.17) is 5.73 Å². The summed E-state index contributed by atoms with van der Waals surface area (Å²) in [7, 11) is -3.57. The molecule has 3 unspecified atom stereocenters. The van der Waals surface area contributed by atoms with E-state index >= 15 is 0 Å². The average Bonchev–Trinajstić information content (AvgIpc) is 3.94. The number of Topliss-reactive ketones (excluding diaryl/α,β-unsaturated/α-hetero) is 1. The fourth-order valence-electron chi connectivity index (χ4n) is 11.3. The van der Waals surface area contributed by atoms with E-state index in [1.165, 1.54) is 4.90 Å². The number of ketones is 1. The number of fused-ring (bicyclic) bond motifs is 1. The Bertz CT molecular complexity index is 1790. The summed E-state index contributed by atoms with van der Waals surface area (Å²) < 4.78 is 28.2. The van der Waals surface area contributed by atoms with Gasteiger partial charge in [0.2, 0.25) is 39.4 Å². The summed E-state index contributed by atoms with van der Waals surface area (Å²) in [5, 5.41) is 17.9. The molecule has 0 radical (unpaired) electrons. The quantitative estimate of drug-likeness (QED) is 0.0121. The SMILES string of the molecule is NC(=NCCC[C@H](NC(=O)C(CCCCCCCCN1C(=O)C2CCCCC2C1=O)C1CCCC1)C(=O)N[C@@H](CC1CCCCC1)C(=O)C(=O)NCCNS(=O)(=O)C1CCCCC1)N[N+](=O)[O-]. The van der Waals surface area contributed by atoms with Gasteiger partial charge in [0.1, 0.15) is 6.04 Å². The van der Waals surface area contributed by atoms with E-state index in [1.807, 2.05) is 0 Å². The molecule has 67 heavy (non-hydrogen) atoms. The van der Waals surface area contributed by atoms with Crippen molar-refractivity contribution in [1.29, 1.82) is 0 Å². The number of carbonyl (C=O) groups is 6. The van der Waals surface area contributed by atoms with Gasteiger partial charge in [-0.15, -0.1) is 0 Å². The number of nitro groups is 1. The van der Waals surface area contributed by atoms with Crippen molar-refractivity contribution in [2.24, 2.45) is 40.3 Å². The van der Waals surface area contributed by atoms with Crippen LogP contribution >= 0.6 is 0 Å². The van der Waals surface area contributed by atoms with Crippen LogP contribution in [0, 0.1) is 39.7 Å². The predicted molar refractivity (Wildman–Crippen MR) is 253 cm³/mol. The normalized spacial score (nSPS) is 22.4. The molecule has 5 fully saturated rings. The number of carbonyl (C=O) groups excluding carboxylic acids is 6. The third-order valence-corrected chi connectivity index (χ3v) is 17.0. The minimum Gasteiger partial charge on any atom is -0.365 e. The Morgan fingerprint density at radius 1 is 0.701 bits per heavy atom. The maximum absolute atomic E-state index is 14.3. The second-order valence-electron chi connectivity index (χ2n) is 19.8. The topological polar surface area (TPSA) is 281 Å².